The molecule has 1 spiro atoms. The lowest BCUT2D eigenvalue weighted by Gasteiger charge is -2.47. The summed E-state index contributed by atoms with van der Waals surface area (Å²) in [4.78, 5) is 21.4. The van der Waals surface area contributed by atoms with Crippen molar-refractivity contribution in [2.75, 3.05) is 19.6 Å². The highest BCUT2D eigenvalue weighted by molar-refractivity contribution is 5.77. The molecule has 2 saturated heterocycles. The predicted molar refractivity (Wildman–Crippen MR) is 109 cm³/mol. The summed E-state index contributed by atoms with van der Waals surface area (Å²) in [5.74, 6) is 2.45. The smallest absolute Gasteiger partial charge is 0.222 e. The first-order chi connectivity index (χ1) is 13.7. The lowest BCUT2D eigenvalue weighted by Crippen LogP contribution is -2.51. The molecule has 0 aliphatic carbocycles. The molecule has 2 aromatic rings. The highest BCUT2D eigenvalue weighted by Crippen LogP contribution is 2.40. The number of hydrogen-bond acceptors (Lipinski definition) is 4. The fourth-order valence-electron chi connectivity index (χ4n) is 4.64. The Labute approximate surface area is 167 Å². The molecular formula is C23H31N3O2. The van der Waals surface area contributed by atoms with Crippen molar-refractivity contribution < 1.29 is 9.21 Å². The number of aryl methyl sites for hydroxylation is 1. The fourth-order valence-corrected chi connectivity index (χ4v) is 4.64. The van der Waals surface area contributed by atoms with E-state index in [1.165, 1.54) is 0 Å². The minimum absolute atomic E-state index is 0.274. The number of piperidine rings is 2. The number of rotatable bonds is 6. The van der Waals surface area contributed by atoms with E-state index in [1.807, 2.05) is 23.1 Å². The third kappa shape index (κ3) is 4.46. The van der Waals surface area contributed by atoms with Gasteiger partial charge in [0.1, 0.15) is 11.5 Å². The van der Waals surface area contributed by atoms with E-state index in [1.54, 1.807) is 6.20 Å². The van der Waals surface area contributed by atoms with Gasteiger partial charge in [0, 0.05) is 25.6 Å². The highest BCUT2D eigenvalue weighted by Gasteiger charge is 2.41. The summed E-state index contributed by atoms with van der Waals surface area (Å²) >= 11 is 0. The van der Waals surface area contributed by atoms with Crippen LogP contribution in [0.2, 0.25) is 0 Å². The molecule has 0 bridgehead atoms. The molecule has 0 N–H and O–H groups in total. The lowest BCUT2D eigenvalue weighted by molar-refractivity contribution is -0.140. The van der Waals surface area contributed by atoms with Gasteiger partial charge in [-0.25, -0.2) is 0 Å². The first-order valence-corrected chi connectivity index (χ1v) is 10.6. The molecule has 2 aliphatic rings. The molecule has 150 valence electrons. The number of furan rings is 1. The maximum atomic E-state index is 12.5. The van der Waals surface area contributed by atoms with Crippen LogP contribution in [0.1, 0.15) is 56.2 Å². The number of likely N-dealkylation sites (tertiary alicyclic amines) is 2. The Morgan fingerprint density at radius 3 is 2.64 bits per heavy atom. The molecule has 2 aliphatic heterocycles. The molecule has 0 radical (unpaired) electrons. The third-order valence-corrected chi connectivity index (χ3v) is 6.34. The lowest BCUT2D eigenvalue weighted by atomic mass is 9.72. The van der Waals surface area contributed by atoms with Gasteiger partial charge in [0.05, 0.1) is 18.8 Å². The topological polar surface area (TPSA) is 49.6 Å². The average Bonchev–Trinajstić information content (AvgIpc) is 3.15. The van der Waals surface area contributed by atoms with E-state index in [0.717, 1.165) is 75.5 Å². The van der Waals surface area contributed by atoms with Gasteiger partial charge in [0.2, 0.25) is 5.91 Å². The molecular weight excluding hydrogens is 350 g/mol. The van der Waals surface area contributed by atoms with Gasteiger partial charge in [-0.2, -0.15) is 0 Å². The minimum Gasteiger partial charge on any atom is -0.465 e. The summed E-state index contributed by atoms with van der Waals surface area (Å²) < 4.78 is 5.96. The maximum Gasteiger partial charge on any atom is 0.222 e. The van der Waals surface area contributed by atoms with Crippen molar-refractivity contribution in [1.82, 2.24) is 14.8 Å². The summed E-state index contributed by atoms with van der Waals surface area (Å²) in [7, 11) is 0. The molecule has 5 nitrogen and oxygen atoms in total. The van der Waals surface area contributed by atoms with E-state index in [2.05, 4.69) is 28.9 Å². The van der Waals surface area contributed by atoms with Crippen LogP contribution in [0.4, 0.5) is 0 Å². The van der Waals surface area contributed by atoms with Gasteiger partial charge in [-0.1, -0.05) is 13.0 Å². The molecule has 28 heavy (non-hydrogen) atoms. The molecule has 0 saturated carbocycles. The van der Waals surface area contributed by atoms with Crippen LogP contribution >= 0.6 is 0 Å². The number of nitrogens with zero attached hydrogens (tertiary/aromatic N) is 3. The SMILES string of the molecule is CCCc1ccc(CN2CCC3(CCC(=O)N(Cc4ccccn4)C3)CC2)o1. The second-order valence-corrected chi connectivity index (χ2v) is 8.47. The summed E-state index contributed by atoms with van der Waals surface area (Å²) in [6.45, 7) is 6.74. The average molecular weight is 382 g/mol. The predicted octanol–water partition coefficient (Wildman–Crippen LogP) is 4.03. The number of amides is 1. The van der Waals surface area contributed by atoms with Gasteiger partial charge in [0.25, 0.3) is 0 Å². The Balaban J connectivity index is 1.33. The molecule has 4 rings (SSSR count). The molecule has 5 heteroatoms. The summed E-state index contributed by atoms with van der Waals surface area (Å²) in [5.41, 5.74) is 1.25. The molecule has 2 fully saturated rings. The Morgan fingerprint density at radius 1 is 1.07 bits per heavy atom. The molecule has 0 unspecified atom stereocenters. The van der Waals surface area contributed by atoms with E-state index in [4.69, 9.17) is 4.42 Å². The van der Waals surface area contributed by atoms with Crippen molar-refractivity contribution in [3.05, 3.63) is 53.7 Å². The summed E-state index contributed by atoms with van der Waals surface area (Å²) in [6.07, 6.45) is 7.95. The standard InChI is InChI=1S/C23H31N3O2/c1-2-5-20-7-8-21(28-20)17-25-14-11-23(12-15-25)10-9-22(27)26(18-23)16-19-6-3-4-13-24-19/h3-4,6-8,13H,2,5,9-12,14-18H2,1H3. The first-order valence-electron chi connectivity index (χ1n) is 10.6. The van der Waals surface area contributed by atoms with Gasteiger partial charge >= 0.3 is 0 Å². The Kier molecular flexibility index (Phi) is 5.81. The number of pyridine rings is 1. The number of hydrogen-bond donors (Lipinski definition) is 0. The molecule has 0 aromatic carbocycles. The largest absolute Gasteiger partial charge is 0.465 e. The van der Waals surface area contributed by atoms with Crippen LogP contribution in [-0.2, 0) is 24.3 Å². The van der Waals surface area contributed by atoms with Crippen LogP contribution in [0.5, 0.6) is 0 Å². The van der Waals surface area contributed by atoms with Crippen molar-refractivity contribution in [3.8, 4) is 0 Å². The Bertz CT molecular complexity index is 778. The summed E-state index contributed by atoms with van der Waals surface area (Å²) in [5, 5.41) is 0. The van der Waals surface area contributed by atoms with Crippen LogP contribution < -0.4 is 0 Å². The molecule has 0 atom stereocenters. The maximum absolute atomic E-state index is 12.5. The van der Waals surface area contributed by atoms with Crippen LogP contribution in [0, 0.1) is 5.41 Å². The van der Waals surface area contributed by atoms with E-state index < -0.39 is 0 Å². The normalized spacial score (nSPS) is 20.0. The van der Waals surface area contributed by atoms with Gasteiger partial charge in [-0.3, -0.25) is 14.7 Å². The molecule has 4 heterocycles. The van der Waals surface area contributed by atoms with Gasteiger partial charge < -0.3 is 9.32 Å². The summed E-state index contributed by atoms with van der Waals surface area (Å²) in [6, 6.07) is 10.2. The number of carbonyl (C=O) groups excluding carboxylic acids is 1. The van der Waals surface area contributed by atoms with Gasteiger partial charge in [0.15, 0.2) is 0 Å². The minimum atomic E-state index is 0.274. The number of aromatic nitrogens is 1. The van der Waals surface area contributed by atoms with E-state index in [0.29, 0.717) is 13.0 Å². The van der Waals surface area contributed by atoms with Crippen LogP contribution in [-0.4, -0.2) is 40.3 Å². The van der Waals surface area contributed by atoms with Crippen LogP contribution in [0.25, 0.3) is 0 Å². The van der Waals surface area contributed by atoms with Crippen molar-refractivity contribution in [1.29, 1.82) is 0 Å². The highest BCUT2D eigenvalue weighted by atomic mass is 16.3. The zero-order valence-corrected chi connectivity index (χ0v) is 16.9. The van der Waals surface area contributed by atoms with Crippen molar-refractivity contribution >= 4 is 5.91 Å². The Morgan fingerprint density at radius 2 is 1.89 bits per heavy atom. The van der Waals surface area contributed by atoms with E-state index in [-0.39, 0.29) is 11.3 Å². The second kappa shape index (κ2) is 8.48. The van der Waals surface area contributed by atoms with Crippen LogP contribution in [0.3, 0.4) is 0 Å². The molecule has 1 amide bonds. The van der Waals surface area contributed by atoms with Crippen LogP contribution in [0.15, 0.2) is 40.9 Å². The zero-order valence-electron chi connectivity index (χ0n) is 16.9. The zero-order chi connectivity index (χ0) is 19.4. The fraction of sp³-hybridized carbons (Fsp3) is 0.565. The monoisotopic (exact) mass is 381 g/mol. The third-order valence-electron chi connectivity index (χ3n) is 6.34. The van der Waals surface area contributed by atoms with Crippen molar-refractivity contribution in [2.24, 2.45) is 5.41 Å². The second-order valence-electron chi connectivity index (χ2n) is 8.47. The quantitative estimate of drug-likeness (QED) is 0.758. The molecule has 2 aromatic heterocycles. The first kappa shape index (κ1) is 19.2. The number of carbonyl (C=O) groups is 1. The van der Waals surface area contributed by atoms with Crippen molar-refractivity contribution in [3.63, 3.8) is 0 Å². The van der Waals surface area contributed by atoms with Gasteiger partial charge in [-0.15, -0.1) is 0 Å². The van der Waals surface area contributed by atoms with Gasteiger partial charge in [-0.05, 0) is 68.5 Å². The van der Waals surface area contributed by atoms with E-state index in [9.17, 15) is 4.79 Å². The van der Waals surface area contributed by atoms with E-state index >= 15 is 0 Å². The Hall–Kier alpha value is -2.14. The van der Waals surface area contributed by atoms with Crippen molar-refractivity contribution in [2.45, 2.75) is 58.5 Å².